The second-order valence-corrected chi connectivity index (χ2v) is 10.4. The van der Waals surface area contributed by atoms with Gasteiger partial charge in [-0.1, -0.05) is 54.6 Å². The first-order chi connectivity index (χ1) is 18.5. The van der Waals surface area contributed by atoms with Gasteiger partial charge in [-0.3, -0.25) is 15.1 Å². The largest absolute Gasteiger partial charge is 0.488 e. The third-order valence-electron chi connectivity index (χ3n) is 5.80. The number of ether oxygens (including phenoxy) is 2. The van der Waals surface area contributed by atoms with Gasteiger partial charge in [0.25, 0.3) is 0 Å². The topological polar surface area (TPSA) is 101 Å². The molecular weight excluding hydrogens is 663 g/mol. The van der Waals surface area contributed by atoms with Crippen molar-refractivity contribution in [2.75, 3.05) is 6.61 Å². The average Bonchev–Trinajstić information content (AvgIpc) is 2.93. The van der Waals surface area contributed by atoms with Crippen LogP contribution < -0.4 is 14.8 Å². The summed E-state index contributed by atoms with van der Waals surface area (Å²) < 4.78 is 14.2. The molecule has 4 aromatic rings. The summed E-state index contributed by atoms with van der Waals surface area (Å²) in [7, 11) is 0. The molecule has 196 valence electrons. The van der Waals surface area contributed by atoms with Gasteiger partial charge in [-0.05, 0) is 61.8 Å². The molecule has 0 spiro atoms. The molecule has 0 aliphatic rings. The minimum atomic E-state index is -1.12. The molecule has 38 heavy (non-hydrogen) atoms. The molecule has 7 nitrogen and oxygen atoms in total. The molecule has 0 radical (unpaired) electrons. The zero-order valence-electron chi connectivity index (χ0n) is 20.3. The molecular formula is C29H26BrIN2O5. The Labute approximate surface area is 243 Å². The lowest BCUT2D eigenvalue weighted by Crippen LogP contribution is -2.39. The van der Waals surface area contributed by atoms with Crippen LogP contribution in [0.25, 0.3) is 11.1 Å². The van der Waals surface area contributed by atoms with E-state index in [2.05, 4.69) is 67.0 Å². The van der Waals surface area contributed by atoms with Crippen LogP contribution in [0.15, 0.2) is 89.7 Å². The van der Waals surface area contributed by atoms with Gasteiger partial charge < -0.3 is 19.7 Å². The van der Waals surface area contributed by atoms with Crippen molar-refractivity contribution in [3.05, 3.63) is 110 Å². The van der Waals surface area contributed by atoms with Crippen LogP contribution in [0.1, 0.15) is 16.7 Å². The Morgan fingerprint density at radius 1 is 0.974 bits per heavy atom. The number of benzene rings is 3. The number of aromatic nitrogens is 1. The van der Waals surface area contributed by atoms with Crippen molar-refractivity contribution in [1.29, 1.82) is 0 Å². The predicted molar refractivity (Wildman–Crippen MR) is 157 cm³/mol. The summed E-state index contributed by atoms with van der Waals surface area (Å²) in [6.07, 6.45) is 3.42. The zero-order valence-corrected chi connectivity index (χ0v) is 24.1. The Morgan fingerprint density at radius 2 is 1.76 bits per heavy atom. The van der Waals surface area contributed by atoms with E-state index in [1.807, 2.05) is 54.6 Å². The van der Waals surface area contributed by atoms with Gasteiger partial charge in [0.2, 0.25) is 0 Å². The van der Waals surface area contributed by atoms with Gasteiger partial charge in [0, 0.05) is 46.2 Å². The number of carboxylic acid groups (broad SMARTS) is 1. The second kappa shape index (κ2) is 13.7. The van der Waals surface area contributed by atoms with Crippen LogP contribution in [-0.4, -0.2) is 33.8 Å². The van der Waals surface area contributed by atoms with E-state index >= 15 is 0 Å². The van der Waals surface area contributed by atoms with Crippen molar-refractivity contribution in [3.63, 3.8) is 0 Å². The van der Waals surface area contributed by atoms with Crippen LogP contribution in [0.4, 0.5) is 0 Å². The standard InChI is InChI=1S/C29H26BrIN2O5/c30-28-21(9-4-10-23(28)20-7-2-1-3-8-20)18-38-27-13-26(37-17-19-6-5-11-32-14-19)22(12-24(27)31)15-33-25(16-34)29(35)36/h1-14,25,33-34H,15-18H2,(H,35,36)/t25-/m0/s1. The monoisotopic (exact) mass is 688 g/mol. The smallest absolute Gasteiger partial charge is 0.323 e. The number of aliphatic hydroxyl groups is 1. The van der Waals surface area contributed by atoms with Crippen LogP contribution in [-0.2, 0) is 24.6 Å². The van der Waals surface area contributed by atoms with E-state index in [9.17, 15) is 15.0 Å². The zero-order chi connectivity index (χ0) is 26.9. The molecule has 0 saturated carbocycles. The SMILES string of the molecule is O=C(O)[C@H](CO)NCc1cc(I)c(OCc2cccc(-c3ccccc3)c2Br)cc1OCc1cccnc1. The van der Waals surface area contributed by atoms with Crippen molar-refractivity contribution < 1.29 is 24.5 Å². The van der Waals surface area contributed by atoms with E-state index in [4.69, 9.17) is 9.47 Å². The number of pyridine rings is 1. The maximum atomic E-state index is 11.3. The normalized spacial score (nSPS) is 11.7. The number of nitrogens with one attached hydrogen (secondary N) is 1. The summed E-state index contributed by atoms with van der Waals surface area (Å²) in [5.74, 6) is 0.0729. The van der Waals surface area contributed by atoms with Crippen molar-refractivity contribution in [1.82, 2.24) is 10.3 Å². The molecule has 0 amide bonds. The molecule has 0 unspecified atom stereocenters. The Kier molecular flexibility index (Phi) is 10.1. The molecule has 1 heterocycles. The molecule has 1 aromatic heterocycles. The van der Waals surface area contributed by atoms with Gasteiger partial charge in [-0.25, -0.2) is 0 Å². The fraction of sp³-hybridized carbons (Fsp3) is 0.172. The summed E-state index contributed by atoms with van der Waals surface area (Å²) in [5, 5.41) is 21.5. The van der Waals surface area contributed by atoms with E-state index < -0.39 is 18.6 Å². The lowest BCUT2D eigenvalue weighted by molar-refractivity contribution is -0.140. The highest BCUT2D eigenvalue weighted by Gasteiger charge is 2.18. The van der Waals surface area contributed by atoms with Gasteiger partial charge in [-0.15, -0.1) is 0 Å². The quantitative estimate of drug-likeness (QED) is 0.162. The maximum Gasteiger partial charge on any atom is 0.323 e. The first-order valence-electron chi connectivity index (χ1n) is 11.8. The van der Waals surface area contributed by atoms with Gasteiger partial charge in [0.05, 0.1) is 10.2 Å². The predicted octanol–water partition coefficient (Wildman–Crippen LogP) is 5.81. The van der Waals surface area contributed by atoms with E-state index in [1.54, 1.807) is 12.4 Å². The number of hydrogen-bond donors (Lipinski definition) is 3. The molecule has 0 fully saturated rings. The summed E-state index contributed by atoms with van der Waals surface area (Å²) >= 11 is 5.94. The van der Waals surface area contributed by atoms with Crippen molar-refractivity contribution in [2.45, 2.75) is 25.8 Å². The Morgan fingerprint density at radius 3 is 2.47 bits per heavy atom. The molecule has 1 atom stereocenters. The Bertz CT molecular complexity index is 1370. The minimum absolute atomic E-state index is 0.195. The summed E-state index contributed by atoms with van der Waals surface area (Å²) in [6, 6.07) is 22.6. The number of carbonyl (C=O) groups is 1. The maximum absolute atomic E-state index is 11.3. The van der Waals surface area contributed by atoms with Crippen molar-refractivity contribution in [3.8, 4) is 22.6 Å². The number of hydrogen-bond acceptors (Lipinski definition) is 6. The van der Waals surface area contributed by atoms with E-state index in [1.165, 1.54) is 0 Å². The molecule has 4 rings (SSSR count). The van der Waals surface area contributed by atoms with Gasteiger partial charge in [0.15, 0.2) is 0 Å². The number of halogens is 2. The van der Waals surface area contributed by atoms with E-state index in [-0.39, 0.29) is 13.2 Å². The number of rotatable bonds is 12. The van der Waals surface area contributed by atoms with Gasteiger partial charge in [-0.2, -0.15) is 0 Å². The second-order valence-electron chi connectivity index (χ2n) is 8.43. The number of aliphatic carboxylic acids is 1. The average molecular weight is 689 g/mol. The lowest BCUT2D eigenvalue weighted by atomic mass is 10.0. The molecule has 0 aliphatic heterocycles. The van der Waals surface area contributed by atoms with Crippen LogP contribution in [0.3, 0.4) is 0 Å². The Balaban J connectivity index is 1.56. The molecule has 3 N–H and O–H groups in total. The van der Waals surface area contributed by atoms with Crippen molar-refractivity contribution in [2.24, 2.45) is 0 Å². The highest BCUT2D eigenvalue weighted by atomic mass is 127. The van der Waals surface area contributed by atoms with E-state index in [0.717, 1.165) is 35.9 Å². The first kappa shape index (κ1) is 28.0. The fourth-order valence-corrected chi connectivity index (χ4v) is 5.05. The van der Waals surface area contributed by atoms with Crippen LogP contribution in [0.5, 0.6) is 11.5 Å². The van der Waals surface area contributed by atoms with Crippen LogP contribution in [0.2, 0.25) is 0 Å². The van der Waals surface area contributed by atoms with Crippen molar-refractivity contribution >= 4 is 44.5 Å². The van der Waals surface area contributed by atoms with Gasteiger partial charge >= 0.3 is 5.97 Å². The third kappa shape index (κ3) is 7.31. The van der Waals surface area contributed by atoms with Gasteiger partial charge in [0.1, 0.15) is 30.8 Å². The molecule has 0 bridgehead atoms. The molecule has 0 saturated heterocycles. The number of nitrogens with zero attached hydrogens (tertiary/aromatic N) is 1. The molecule has 0 aliphatic carbocycles. The molecule has 3 aromatic carbocycles. The number of carboxylic acids is 1. The van der Waals surface area contributed by atoms with E-state index in [0.29, 0.717) is 18.1 Å². The summed E-state index contributed by atoms with van der Waals surface area (Å²) in [6.45, 7) is 0.299. The number of aliphatic hydroxyl groups excluding tert-OH is 1. The third-order valence-corrected chi connectivity index (χ3v) is 7.58. The summed E-state index contributed by atoms with van der Waals surface area (Å²) in [5.41, 5.74) is 4.84. The fourth-order valence-electron chi connectivity index (χ4n) is 3.75. The Hall–Kier alpha value is -2.99. The highest BCUT2D eigenvalue weighted by molar-refractivity contribution is 14.1. The minimum Gasteiger partial charge on any atom is -0.488 e. The summed E-state index contributed by atoms with van der Waals surface area (Å²) in [4.78, 5) is 15.5. The highest BCUT2D eigenvalue weighted by Crippen LogP contribution is 2.34. The van der Waals surface area contributed by atoms with Crippen LogP contribution in [0, 0.1) is 3.57 Å². The van der Waals surface area contributed by atoms with Crippen LogP contribution >= 0.6 is 38.5 Å². The lowest BCUT2D eigenvalue weighted by Gasteiger charge is -2.18. The molecule has 9 heteroatoms. The first-order valence-corrected chi connectivity index (χ1v) is 13.7.